The quantitative estimate of drug-likeness (QED) is 0.408. The van der Waals surface area contributed by atoms with Crippen molar-refractivity contribution in [3.63, 3.8) is 0 Å². The van der Waals surface area contributed by atoms with Crippen molar-refractivity contribution in [2.75, 3.05) is 33.0 Å². The van der Waals surface area contributed by atoms with Gasteiger partial charge < -0.3 is 15.0 Å². The largest absolute Gasteiger partial charge is 0.494 e. The standard InChI is InChI=1S/C18H29N3OS/c1-19-11-9-15-14-20-18-8-7-16(13-17(15)18)22-12-6-4-3-5-10-21-23-2/h7-8,13-14,19-21H,3-6,9-12H2,1-2H3. The maximum atomic E-state index is 5.92. The molecule has 1 heterocycles. The summed E-state index contributed by atoms with van der Waals surface area (Å²) in [6.07, 6.45) is 10.1. The Hall–Kier alpha value is -1.17. The second kappa shape index (κ2) is 10.6. The van der Waals surface area contributed by atoms with Crippen LogP contribution in [0.1, 0.15) is 31.2 Å². The zero-order valence-corrected chi connectivity index (χ0v) is 15.1. The highest BCUT2D eigenvalue weighted by Gasteiger charge is 2.05. The molecule has 1 aromatic carbocycles. The first kappa shape index (κ1) is 18.2. The Labute approximate surface area is 143 Å². The van der Waals surface area contributed by atoms with E-state index in [9.17, 15) is 0 Å². The van der Waals surface area contributed by atoms with Gasteiger partial charge in [0.25, 0.3) is 0 Å². The molecule has 0 atom stereocenters. The first-order valence-corrected chi connectivity index (χ1v) is 9.71. The van der Waals surface area contributed by atoms with Gasteiger partial charge in [0.1, 0.15) is 5.75 Å². The molecular formula is C18H29N3OS. The van der Waals surface area contributed by atoms with Gasteiger partial charge in [0, 0.05) is 23.6 Å². The predicted molar refractivity (Wildman–Crippen MR) is 101 cm³/mol. The first-order valence-electron chi connectivity index (χ1n) is 8.48. The van der Waals surface area contributed by atoms with Crippen LogP contribution in [0, 0.1) is 0 Å². The van der Waals surface area contributed by atoms with E-state index in [1.807, 2.05) is 7.05 Å². The van der Waals surface area contributed by atoms with Gasteiger partial charge in [-0.3, -0.25) is 4.72 Å². The van der Waals surface area contributed by atoms with E-state index >= 15 is 0 Å². The Balaban J connectivity index is 1.74. The zero-order chi connectivity index (χ0) is 16.3. The summed E-state index contributed by atoms with van der Waals surface area (Å²) in [7, 11) is 1.99. The van der Waals surface area contributed by atoms with E-state index in [1.54, 1.807) is 11.9 Å². The molecule has 2 aromatic rings. The van der Waals surface area contributed by atoms with E-state index in [4.69, 9.17) is 4.74 Å². The summed E-state index contributed by atoms with van der Waals surface area (Å²) < 4.78 is 9.20. The topological polar surface area (TPSA) is 49.1 Å². The molecule has 0 saturated heterocycles. The van der Waals surface area contributed by atoms with Crippen molar-refractivity contribution in [1.29, 1.82) is 0 Å². The third kappa shape index (κ3) is 6.09. The molecule has 0 bridgehead atoms. The van der Waals surface area contributed by atoms with Gasteiger partial charge in [0.15, 0.2) is 0 Å². The smallest absolute Gasteiger partial charge is 0.120 e. The van der Waals surface area contributed by atoms with Gasteiger partial charge in [-0.2, -0.15) is 0 Å². The lowest BCUT2D eigenvalue weighted by Gasteiger charge is -2.07. The monoisotopic (exact) mass is 335 g/mol. The fourth-order valence-corrected chi connectivity index (χ4v) is 3.01. The molecule has 128 valence electrons. The van der Waals surface area contributed by atoms with Crippen LogP contribution in [-0.4, -0.2) is 38.0 Å². The van der Waals surface area contributed by atoms with Crippen molar-refractivity contribution >= 4 is 22.9 Å². The number of aromatic amines is 1. The van der Waals surface area contributed by atoms with Gasteiger partial charge in [-0.05, 0) is 62.9 Å². The summed E-state index contributed by atoms with van der Waals surface area (Å²) in [6.45, 7) is 2.89. The predicted octanol–water partition coefficient (Wildman–Crippen LogP) is 3.74. The lowest BCUT2D eigenvalue weighted by atomic mass is 10.1. The number of ether oxygens (including phenoxy) is 1. The van der Waals surface area contributed by atoms with Crippen LogP contribution in [0.15, 0.2) is 24.4 Å². The van der Waals surface area contributed by atoms with Gasteiger partial charge in [-0.15, -0.1) is 0 Å². The summed E-state index contributed by atoms with van der Waals surface area (Å²) in [5.41, 5.74) is 2.53. The lowest BCUT2D eigenvalue weighted by Crippen LogP contribution is -2.09. The molecule has 3 N–H and O–H groups in total. The number of fused-ring (bicyclic) bond motifs is 1. The van der Waals surface area contributed by atoms with Crippen LogP contribution in [0.2, 0.25) is 0 Å². The molecular weight excluding hydrogens is 306 g/mol. The van der Waals surface area contributed by atoms with Crippen LogP contribution >= 0.6 is 11.9 Å². The average Bonchev–Trinajstić information content (AvgIpc) is 2.97. The van der Waals surface area contributed by atoms with Crippen LogP contribution in [0.25, 0.3) is 10.9 Å². The molecule has 23 heavy (non-hydrogen) atoms. The molecule has 0 aliphatic carbocycles. The molecule has 0 saturated carbocycles. The summed E-state index contributed by atoms with van der Waals surface area (Å²) in [4.78, 5) is 3.33. The number of aromatic nitrogens is 1. The van der Waals surface area contributed by atoms with Crippen molar-refractivity contribution in [2.45, 2.75) is 32.1 Å². The summed E-state index contributed by atoms with van der Waals surface area (Å²) in [5.74, 6) is 0.979. The summed E-state index contributed by atoms with van der Waals surface area (Å²) >= 11 is 1.69. The first-order chi connectivity index (χ1) is 11.3. The molecule has 5 heteroatoms. The van der Waals surface area contributed by atoms with Crippen molar-refractivity contribution in [3.05, 3.63) is 30.0 Å². The number of rotatable bonds is 12. The highest BCUT2D eigenvalue weighted by atomic mass is 32.2. The molecule has 0 amide bonds. The van der Waals surface area contributed by atoms with Gasteiger partial charge in [0.2, 0.25) is 0 Å². The maximum absolute atomic E-state index is 5.92. The van der Waals surface area contributed by atoms with Gasteiger partial charge in [-0.25, -0.2) is 0 Å². The van der Waals surface area contributed by atoms with Crippen molar-refractivity contribution < 1.29 is 4.74 Å². The van der Waals surface area contributed by atoms with Crippen LogP contribution < -0.4 is 14.8 Å². The van der Waals surface area contributed by atoms with Crippen molar-refractivity contribution in [1.82, 2.24) is 15.0 Å². The number of likely N-dealkylation sites (N-methyl/N-ethyl adjacent to an activating group) is 1. The van der Waals surface area contributed by atoms with Crippen LogP contribution in [-0.2, 0) is 6.42 Å². The van der Waals surface area contributed by atoms with E-state index < -0.39 is 0 Å². The normalized spacial score (nSPS) is 11.2. The van der Waals surface area contributed by atoms with E-state index in [0.717, 1.165) is 38.3 Å². The van der Waals surface area contributed by atoms with Crippen LogP contribution in [0.5, 0.6) is 5.75 Å². The number of hydrogen-bond donors (Lipinski definition) is 3. The summed E-state index contributed by atoms with van der Waals surface area (Å²) in [6, 6.07) is 6.34. The molecule has 4 nitrogen and oxygen atoms in total. The minimum atomic E-state index is 0.803. The second-order valence-electron chi connectivity index (χ2n) is 5.74. The van der Waals surface area contributed by atoms with Crippen LogP contribution in [0.4, 0.5) is 0 Å². The van der Waals surface area contributed by atoms with E-state index in [0.29, 0.717) is 0 Å². The molecule has 2 rings (SSSR count). The SMILES string of the molecule is CNCCc1c[nH]c2ccc(OCCCCCCNSC)cc12. The Morgan fingerprint density at radius 2 is 2.00 bits per heavy atom. The molecule has 1 aromatic heterocycles. The summed E-state index contributed by atoms with van der Waals surface area (Å²) in [5, 5.41) is 4.48. The highest BCUT2D eigenvalue weighted by molar-refractivity contribution is 7.96. The number of nitrogens with one attached hydrogen (secondary N) is 3. The molecule has 0 fully saturated rings. The fraction of sp³-hybridized carbons (Fsp3) is 0.556. The highest BCUT2D eigenvalue weighted by Crippen LogP contribution is 2.24. The lowest BCUT2D eigenvalue weighted by molar-refractivity contribution is 0.305. The van der Waals surface area contributed by atoms with Gasteiger partial charge >= 0.3 is 0 Å². The Kier molecular flexibility index (Phi) is 8.36. The van der Waals surface area contributed by atoms with E-state index in [2.05, 4.69) is 45.7 Å². The molecule has 0 radical (unpaired) electrons. The number of unbranched alkanes of at least 4 members (excludes halogenated alkanes) is 3. The third-order valence-corrected chi connectivity index (χ3v) is 4.46. The van der Waals surface area contributed by atoms with Crippen molar-refractivity contribution in [2.24, 2.45) is 0 Å². The van der Waals surface area contributed by atoms with Gasteiger partial charge in [-0.1, -0.05) is 24.8 Å². The van der Waals surface area contributed by atoms with Crippen LogP contribution in [0.3, 0.4) is 0 Å². The average molecular weight is 336 g/mol. The minimum Gasteiger partial charge on any atom is -0.494 e. The zero-order valence-electron chi connectivity index (χ0n) is 14.3. The molecule has 0 aliphatic rings. The maximum Gasteiger partial charge on any atom is 0.120 e. The number of hydrogen-bond acceptors (Lipinski definition) is 4. The molecule has 0 aliphatic heterocycles. The van der Waals surface area contributed by atoms with Crippen molar-refractivity contribution in [3.8, 4) is 5.75 Å². The van der Waals surface area contributed by atoms with E-state index in [1.165, 1.54) is 35.7 Å². The van der Waals surface area contributed by atoms with E-state index in [-0.39, 0.29) is 0 Å². The molecule has 0 unspecified atom stereocenters. The fourth-order valence-electron chi connectivity index (χ4n) is 2.66. The second-order valence-corrected chi connectivity index (χ2v) is 6.43. The third-order valence-electron chi connectivity index (χ3n) is 3.97. The Morgan fingerprint density at radius 3 is 2.83 bits per heavy atom. The number of benzene rings is 1. The van der Waals surface area contributed by atoms with Gasteiger partial charge in [0.05, 0.1) is 6.61 Å². The molecule has 0 spiro atoms. The number of H-pyrrole nitrogens is 1. The minimum absolute atomic E-state index is 0.803. The Morgan fingerprint density at radius 1 is 1.13 bits per heavy atom. The Bertz CT molecular complexity index is 570.